The van der Waals surface area contributed by atoms with Crippen molar-refractivity contribution in [2.75, 3.05) is 19.0 Å². The summed E-state index contributed by atoms with van der Waals surface area (Å²) < 4.78 is 4.89. The van der Waals surface area contributed by atoms with Gasteiger partial charge in [-0.3, -0.25) is 4.79 Å². The first-order valence-corrected chi connectivity index (χ1v) is 3.81. The number of carbonyl (C=O) groups is 1. The molecule has 0 spiro atoms. The van der Waals surface area contributed by atoms with Crippen LogP contribution in [0.2, 0.25) is 0 Å². The van der Waals surface area contributed by atoms with Gasteiger partial charge in [-0.05, 0) is 0 Å². The van der Waals surface area contributed by atoms with Gasteiger partial charge in [-0.1, -0.05) is 0 Å². The molecule has 0 bridgehead atoms. The van der Waals surface area contributed by atoms with E-state index in [0.717, 1.165) is 13.2 Å². The molecule has 1 saturated heterocycles. The van der Waals surface area contributed by atoms with Crippen molar-refractivity contribution in [3.8, 4) is 0 Å². The highest BCUT2D eigenvalue weighted by Crippen LogP contribution is 2.17. The highest BCUT2D eigenvalue weighted by Gasteiger charge is 2.18. The van der Waals surface area contributed by atoms with E-state index >= 15 is 0 Å². The lowest BCUT2D eigenvalue weighted by molar-refractivity contribution is -0.115. The van der Waals surface area contributed by atoms with Gasteiger partial charge in [-0.25, -0.2) is 0 Å². The van der Waals surface area contributed by atoms with Gasteiger partial charge in [0.15, 0.2) is 0 Å². The molecule has 0 unspecified atom stereocenters. The molecule has 4 heteroatoms. The monoisotopic (exact) mass is 147 g/mol. The van der Waals surface area contributed by atoms with Crippen LogP contribution in [0.15, 0.2) is 0 Å². The molecule has 0 aromatic carbocycles. The quantitative estimate of drug-likeness (QED) is 0.591. The Labute approximate surface area is 57.9 Å². The second-order valence-electron chi connectivity index (χ2n) is 1.94. The van der Waals surface area contributed by atoms with Gasteiger partial charge in [0.1, 0.15) is 0 Å². The highest BCUT2D eigenvalue weighted by molar-refractivity contribution is 8.00. The Morgan fingerprint density at radius 3 is 2.78 bits per heavy atom. The molecular formula is C5H9NO2S. The fourth-order valence-corrected chi connectivity index (χ4v) is 1.30. The molecule has 0 aliphatic carbocycles. The summed E-state index contributed by atoms with van der Waals surface area (Å²) in [5.41, 5.74) is 4.92. The second kappa shape index (κ2) is 3.08. The van der Waals surface area contributed by atoms with E-state index in [9.17, 15) is 4.79 Å². The lowest BCUT2D eigenvalue weighted by Crippen LogP contribution is -2.32. The Morgan fingerprint density at radius 1 is 1.78 bits per heavy atom. The Morgan fingerprint density at radius 2 is 2.44 bits per heavy atom. The molecule has 9 heavy (non-hydrogen) atoms. The van der Waals surface area contributed by atoms with Gasteiger partial charge in [-0.2, -0.15) is 0 Å². The summed E-state index contributed by atoms with van der Waals surface area (Å²) in [5, 5.41) is 0.512. The molecule has 0 radical (unpaired) electrons. The van der Waals surface area contributed by atoms with Gasteiger partial charge in [0, 0.05) is 0 Å². The molecule has 1 aliphatic heterocycles. The van der Waals surface area contributed by atoms with E-state index < -0.39 is 0 Å². The third-order valence-corrected chi connectivity index (χ3v) is 2.26. The van der Waals surface area contributed by atoms with E-state index in [1.54, 1.807) is 11.8 Å². The van der Waals surface area contributed by atoms with Gasteiger partial charge in [-0.15, -0.1) is 11.8 Å². The zero-order valence-corrected chi connectivity index (χ0v) is 5.82. The van der Waals surface area contributed by atoms with Gasteiger partial charge < -0.3 is 10.5 Å². The molecule has 0 aromatic heterocycles. The first-order chi connectivity index (χ1) is 4.29. The maximum atomic E-state index is 10.2. The van der Waals surface area contributed by atoms with E-state index in [4.69, 9.17) is 10.5 Å². The lowest BCUT2D eigenvalue weighted by atomic mass is 10.4. The summed E-state index contributed by atoms with van der Waals surface area (Å²) >= 11 is 1.57. The minimum Gasteiger partial charge on any atom is -0.379 e. The largest absolute Gasteiger partial charge is 0.379 e. The third-order valence-electron chi connectivity index (χ3n) is 1.07. The summed E-state index contributed by atoms with van der Waals surface area (Å²) in [6.45, 7) is 1.55. The van der Waals surface area contributed by atoms with Gasteiger partial charge in [0.05, 0.1) is 24.2 Å². The molecule has 1 aliphatic rings. The van der Waals surface area contributed by atoms with Crippen molar-refractivity contribution in [1.82, 2.24) is 0 Å². The van der Waals surface area contributed by atoms with Crippen LogP contribution in [-0.4, -0.2) is 30.1 Å². The van der Waals surface area contributed by atoms with Crippen LogP contribution in [0.4, 0.5) is 0 Å². The summed E-state index contributed by atoms with van der Waals surface area (Å²) in [4.78, 5) is 10.2. The molecule has 0 atom stereocenters. The predicted molar refractivity (Wildman–Crippen MR) is 36.3 cm³/mol. The van der Waals surface area contributed by atoms with Crippen molar-refractivity contribution in [1.29, 1.82) is 0 Å². The van der Waals surface area contributed by atoms with Crippen molar-refractivity contribution in [3.05, 3.63) is 0 Å². The summed E-state index contributed by atoms with van der Waals surface area (Å²) in [5.74, 6) is 0.181. The minimum absolute atomic E-state index is 0.244. The minimum atomic E-state index is -0.244. The van der Waals surface area contributed by atoms with Crippen LogP contribution in [0.5, 0.6) is 0 Å². The van der Waals surface area contributed by atoms with Crippen molar-refractivity contribution in [2.24, 2.45) is 5.73 Å². The van der Waals surface area contributed by atoms with Gasteiger partial charge in [0.2, 0.25) is 5.91 Å². The average Bonchev–Trinajstić information content (AvgIpc) is 1.60. The normalized spacial score (nSPS) is 19.1. The number of primary amides is 1. The summed E-state index contributed by atoms with van der Waals surface area (Å²) in [7, 11) is 0. The van der Waals surface area contributed by atoms with Crippen molar-refractivity contribution in [3.63, 3.8) is 0 Å². The van der Waals surface area contributed by atoms with Crippen LogP contribution in [0.1, 0.15) is 0 Å². The molecule has 0 saturated carbocycles. The Balaban J connectivity index is 1.97. The van der Waals surface area contributed by atoms with Gasteiger partial charge in [0.25, 0.3) is 0 Å². The first kappa shape index (κ1) is 6.89. The lowest BCUT2D eigenvalue weighted by Gasteiger charge is -2.24. The fraction of sp³-hybridized carbons (Fsp3) is 0.800. The summed E-state index contributed by atoms with van der Waals surface area (Å²) in [6.07, 6.45) is 0. The Bertz CT molecular complexity index is 114. The van der Waals surface area contributed by atoms with Crippen molar-refractivity contribution in [2.45, 2.75) is 5.25 Å². The second-order valence-corrected chi connectivity index (χ2v) is 3.23. The van der Waals surface area contributed by atoms with Crippen LogP contribution < -0.4 is 5.73 Å². The SMILES string of the molecule is NC(=O)CSC1COC1. The van der Waals surface area contributed by atoms with E-state index in [0.29, 0.717) is 11.0 Å². The maximum absolute atomic E-state index is 10.2. The summed E-state index contributed by atoms with van der Waals surface area (Å²) in [6, 6.07) is 0. The van der Waals surface area contributed by atoms with Crippen LogP contribution >= 0.6 is 11.8 Å². The Kier molecular flexibility index (Phi) is 2.36. The van der Waals surface area contributed by atoms with E-state index in [1.807, 2.05) is 0 Å². The predicted octanol–water partition coefficient (Wildman–Crippen LogP) is -0.396. The molecule has 2 N–H and O–H groups in total. The topological polar surface area (TPSA) is 52.3 Å². The number of rotatable bonds is 3. The molecule has 1 heterocycles. The molecular weight excluding hydrogens is 138 g/mol. The molecule has 1 rings (SSSR count). The number of carbonyl (C=O) groups excluding carboxylic acids is 1. The third kappa shape index (κ3) is 2.24. The first-order valence-electron chi connectivity index (χ1n) is 2.76. The number of hydrogen-bond acceptors (Lipinski definition) is 3. The fourth-order valence-electron chi connectivity index (χ4n) is 0.510. The van der Waals surface area contributed by atoms with Crippen LogP contribution in [0.3, 0.4) is 0 Å². The molecule has 1 fully saturated rings. The standard InChI is InChI=1S/C5H9NO2S/c6-5(7)3-9-4-1-8-2-4/h4H,1-3H2,(H2,6,7). The zero-order valence-electron chi connectivity index (χ0n) is 5.00. The molecule has 3 nitrogen and oxygen atoms in total. The zero-order chi connectivity index (χ0) is 6.69. The van der Waals surface area contributed by atoms with E-state index in [-0.39, 0.29) is 5.91 Å². The van der Waals surface area contributed by atoms with E-state index in [2.05, 4.69) is 0 Å². The Hall–Kier alpha value is -0.220. The number of amides is 1. The number of hydrogen-bond donors (Lipinski definition) is 1. The molecule has 1 amide bonds. The van der Waals surface area contributed by atoms with Crippen LogP contribution in [0.25, 0.3) is 0 Å². The number of nitrogens with two attached hydrogens (primary N) is 1. The number of ether oxygens (including phenoxy) is 1. The molecule has 52 valence electrons. The smallest absolute Gasteiger partial charge is 0.227 e. The van der Waals surface area contributed by atoms with Crippen molar-refractivity contribution < 1.29 is 9.53 Å². The maximum Gasteiger partial charge on any atom is 0.227 e. The number of thioether (sulfide) groups is 1. The van der Waals surface area contributed by atoms with Crippen LogP contribution in [0, 0.1) is 0 Å². The molecule has 0 aromatic rings. The van der Waals surface area contributed by atoms with Crippen LogP contribution in [-0.2, 0) is 9.53 Å². The van der Waals surface area contributed by atoms with Crippen molar-refractivity contribution >= 4 is 17.7 Å². The van der Waals surface area contributed by atoms with E-state index in [1.165, 1.54) is 0 Å². The van der Waals surface area contributed by atoms with Gasteiger partial charge >= 0.3 is 0 Å². The average molecular weight is 147 g/mol. The highest BCUT2D eigenvalue weighted by atomic mass is 32.2.